The molecule has 3 N–H and O–H groups in total. The Morgan fingerprint density at radius 2 is 1.94 bits per heavy atom. The van der Waals surface area contributed by atoms with E-state index in [9.17, 15) is 0 Å². The quantitative estimate of drug-likeness (QED) is 0.624. The summed E-state index contributed by atoms with van der Waals surface area (Å²) in [6.07, 6.45) is 3.87. The lowest BCUT2D eigenvalue weighted by Crippen LogP contribution is -2.31. The van der Waals surface area contributed by atoms with Crippen molar-refractivity contribution < 1.29 is 0 Å². The number of aromatic nitrogens is 2. The van der Waals surface area contributed by atoms with Crippen LogP contribution >= 0.6 is 0 Å². The fourth-order valence-electron chi connectivity index (χ4n) is 1.89. The van der Waals surface area contributed by atoms with Gasteiger partial charge < -0.3 is 0 Å². The molecule has 90 valence electrons. The summed E-state index contributed by atoms with van der Waals surface area (Å²) in [5, 5.41) is 4.36. The number of nitrogens with zero attached hydrogens (tertiary/aromatic N) is 2. The van der Waals surface area contributed by atoms with Gasteiger partial charge in [-0.25, -0.2) is 4.68 Å². The van der Waals surface area contributed by atoms with Gasteiger partial charge in [0.05, 0.1) is 17.9 Å². The molecule has 1 heterocycles. The van der Waals surface area contributed by atoms with Crippen molar-refractivity contribution in [2.24, 2.45) is 11.8 Å². The smallest absolute Gasteiger partial charge is 0.0645 e. The fraction of sp³-hybridized carbons (Fsp3) is 0.308. The largest absolute Gasteiger partial charge is 0.271 e. The van der Waals surface area contributed by atoms with Gasteiger partial charge >= 0.3 is 0 Å². The maximum Gasteiger partial charge on any atom is 0.0645 e. The molecular formula is C13H18N4. The molecule has 1 aromatic heterocycles. The van der Waals surface area contributed by atoms with Crippen LogP contribution in [0.5, 0.6) is 0 Å². The molecule has 0 saturated carbocycles. The second-order valence-corrected chi connectivity index (χ2v) is 4.44. The van der Waals surface area contributed by atoms with Crippen LogP contribution in [0.1, 0.15) is 25.5 Å². The Labute approximate surface area is 101 Å². The van der Waals surface area contributed by atoms with Gasteiger partial charge in [-0.15, -0.1) is 0 Å². The third-order valence-electron chi connectivity index (χ3n) is 2.83. The van der Waals surface area contributed by atoms with Crippen molar-refractivity contribution in [3.05, 3.63) is 48.3 Å². The molecular weight excluding hydrogens is 212 g/mol. The fourth-order valence-corrected chi connectivity index (χ4v) is 1.89. The highest BCUT2D eigenvalue weighted by Gasteiger charge is 2.15. The summed E-state index contributed by atoms with van der Waals surface area (Å²) >= 11 is 0. The van der Waals surface area contributed by atoms with Crippen LogP contribution in [-0.2, 0) is 0 Å². The van der Waals surface area contributed by atoms with Crippen LogP contribution in [0.4, 0.5) is 0 Å². The second kappa shape index (κ2) is 5.12. The number of hydrogen-bond acceptors (Lipinski definition) is 3. The zero-order valence-electron chi connectivity index (χ0n) is 10.2. The Bertz CT molecular complexity index is 461. The molecule has 17 heavy (non-hydrogen) atoms. The maximum absolute atomic E-state index is 5.57. The van der Waals surface area contributed by atoms with Crippen LogP contribution in [0.3, 0.4) is 0 Å². The molecule has 0 aliphatic heterocycles. The summed E-state index contributed by atoms with van der Waals surface area (Å²) in [5.41, 5.74) is 4.99. The number of benzene rings is 1. The van der Waals surface area contributed by atoms with Crippen LogP contribution in [0.15, 0.2) is 42.7 Å². The minimum Gasteiger partial charge on any atom is -0.271 e. The summed E-state index contributed by atoms with van der Waals surface area (Å²) in [6, 6.07) is 10.2. The lowest BCUT2D eigenvalue weighted by Gasteiger charge is -2.17. The summed E-state index contributed by atoms with van der Waals surface area (Å²) in [6.45, 7) is 4.26. The molecule has 1 aromatic carbocycles. The molecule has 4 nitrogen and oxygen atoms in total. The van der Waals surface area contributed by atoms with E-state index in [1.807, 2.05) is 47.4 Å². The molecule has 0 radical (unpaired) electrons. The lowest BCUT2D eigenvalue weighted by molar-refractivity contribution is 0.421. The molecule has 0 aliphatic rings. The molecule has 0 spiro atoms. The number of para-hydroxylation sites is 1. The van der Waals surface area contributed by atoms with Gasteiger partial charge in [-0.05, 0) is 18.1 Å². The molecule has 2 rings (SSSR count). The highest BCUT2D eigenvalue weighted by Crippen LogP contribution is 2.20. The number of nitrogens with one attached hydrogen (secondary N) is 1. The molecule has 0 bridgehead atoms. The predicted molar refractivity (Wildman–Crippen MR) is 68.5 cm³/mol. The van der Waals surface area contributed by atoms with Gasteiger partial charge in [0.25, 0.3) is 0 Å². The van der Waals surface area contributed by atoms with Crippen molar-refractivity contribution in [2.45, 2.75) is 19.9 Å². The van der Waals surface area contributed by atoms with E-state index in [0.717, 1.165) is 11.3 Å². The summed E-state index contributed by atoms with van der Waals surface area (Å²) in [4.78, 5) is 0. The average Bonchev–Trinajstić information content (AvgIpc) is 2.80. The number of hydrogen-bond donors (Lipinski definition) is 2. The van der Waals surface area contributed by atoms with Crippen molar-refractivity contribution in [3.63, 3.8) is 0 Å². The van der Waals surface area contributed by atoms with E-state index in [2.05, 4.69) is 24.4 Å². The van der Waals surface area contributed by atoms with E-state index in [4.69, 9.17) is 5.84 Å². The van der Waals surface area contributed by atoms with Crippen molar-refractivity contribution >= 4 is 0 Å². The molecule has 0 aliphatic carbocycles. The molecule has 1 atom stereocenters. The van der Waals surface area contributed by atoms with Crippen molar-refractivity contribution in [2.75, 3.05) is 0 Å². The number of nitrogens with two attached hydrogens (primary N) is 1. The Morgan fingerprint density at radius 1 is 1.24 bits per heavy atom. The Hall–Kier alpha value is -1.65. The van der Waals surface area contributed by atoms with Crippen LogP contribution in [-0.4, -0.2) is 9.78 Å². The van der Waals surface area contributed by atoms with E-state index < -0.39 is 0 Å². The van der Waals surface area contributed by atoms with Crippen molar-refractivity contribution in [3.8, 4) is 5.69 Å². The molecule has 4 heteroatoms. The van der Waals surface area contributed by atoms with Gasteiger partial charge in [-0.2, -0.15) is 5.10 Å². The van der Waals surface area contributed by atoms with E-state index in [0.29, 0.717) is 5.92 Å². The zero-order valence-corrected chi connectivity index (χ0v) is 10.2. The third-order valence-corrected chi connectivity index (χ3v) is 2.83. The average molecular weight is 230 g/mol. The number of hydrazine groups is 1. The number of rotatable bonds is 4. The van der Waals surface area contributed by atoms with E-state index in [1.165, 1.54) is 0 Å². The van der Waals surface area contributed by atoms with Gasteiger partial charge in [-0.1, -0.05) is 32.0 Å². The molecule has 1 unspecified atom stereocenters. The maximum atomic E-state index is 5.57. The summed E-state index contributed by atoms with van der Waals surface area (Å²) < 4.78 is 1.86. The second-order valence-electron chi connectivity index (χ2n) is 4.44. The predicted octanol–water partition coefficient (Wildman–Crippen LogP) is 2.03. The standard InChI is InChI=1S/C13H18N4/c1-10(2)13(16-14)11-8-15-17(9-11)12-6-4-3-5-7-12/h3-10,13,16H,14H2,1-2H3. The Morgan fingerprint density at radius 3 is 2.53 bits per heavy atom. The normalized spacial score (nSPS) is 12.9. The van der Waals surface area contributed by atoms with E-state index >= 15 is 0 Å². The molecule has 2 aromatic rings. The lowest BCUT2D eigenvalue weighted by atomic mass is 10.00. The molecule has 0 amide bonds. The summed E-state index contributed by atoms with van der Waals surface area (Å²) in [5.74, 6) is 5.99. The summed E-state index contributed by atoms with van der Waals surface area (Å²) in [7, 11) is 0. The first-order valence-corrected chi connectivity index (χ1v) is 5.78. The topological polar surface area (TPSA) is 55.9 Å². The van der Waals surface area contributed by atoms with Gasteiger partial charge in [-0.3, -0.25) is 11.3 Å². The van der Waals surface area contributed by atoms with Gasteiger partial charge in [0.1, 0.15) is 0 Å². The first kappa shape index (κ1) is 11.8. The Kier molecular flexibility index (Phi) is 3.56. The van der Waals surface area contributed by atoms with Crippen LogP contribution in [0.2, 0.25) is 0 Å². The van der Waals surface area contributed by atoms with E-state index in [-0.39, 0.29) is 6.04 Å². The zero-order chi connectivity index (χ0) is 12.3. The molecule has 0 saturated heterocycles. The van der Waals surface area contributed by atoms with Crippen LogP contribution < -0.4 is 11.3 Å². The minimum absolute atomic E-state index is 0.132. The molecule has 0 fully saturated rings. The van der Waals surface area contributed by atoms with Gasteiger partial charge in [0.2, 0.25) is 0 Å². The minimum atomic E-state index is 0.132. The first-order chi connectivity index (χ1) is 8.22. The van der Waals surface area contributed by atoms with Crippen molar-refractivity contribution in [1.29, 1.82) is 0 Å². The van der Waals surface area contributed by atoms with E-state index in [1.54, 1.807) is 0 Å². The highest BCUT2D eigenvalue weighted by molar-refractivity contribution is 5.31. The van der Waals surface area contributed by atoms with Gasteiger partial charge in [0, 0.05) is 11.8 Å². The highest BCUT2D eigenvalue weighted by atomic mass is 15.3. The SMILES string of the molecule is CC(C)C(NN)c1cnn(-c2ccccc2)c1. The van der Waals surface area contributed by atoms with Gasteiger partial charge in [0.15, 0.2) is 0 Å². The Balaban J connectivity index is 2.27. The first-order valence-electron chi connectivity index (χ1n) is 5.78. The van der Waals surface area contributed by atoms with Crippen molar-refractivity contribution in [1.82, 2.24) is 15.2 Å². The monoisotopic (exact) mass is 230 g/mol. The van der Waals surface area contributed by atoms with Crippen LogP contribution in [0.25, 0.3) is 5.69 Å². The van der Waals surface area contributed by atoms with Crippen LogP contribution in [0, 0.1) is 5.92 Å². The third kappa shape index (κ3) is 2.54.